The van der Waals surface area contributed by atoms with Crippen molar-refractivity contribution >= 4 is 11.6 Å². The minimum atomic E-state index is 0.199. The number of piperazine rings is 1. The van der Waals surface area contributed by atoms with Crippen molar-refractivity contribution in [1.82, 2.24) is 4.90 Å². The third-order valence-corrected chi connectivity index (χ3v) is 3.51. The van der Waals surface area contributed by atoms with Gasteiger partial charge in [-0.3, -0.25) is 4.79 Å². The highest BCUT2D eigenvalue weighted by molar-refractivity contribution is 5.76. The molecule has 1 aromatic rings. The van der Waals surface area contributed by atoms with E-state index in [0.717, 1.165) is 31.9 Å². The lowest BCUT2D eigenvalue weighted by Crippen LogP contribution is -2.48. The smallest absolute Gasteiger partial charge is 0.222 e. The zero-order valence-corrected chi connectivity index (χ0v) is 12.6. The number of rotatable bonds is 4. The molecule has 0 radical (unpaired) electrons. The summed E-state index contributed by atoms with van der Waals surface area (Å²) in [6.07, 6.45) is 0.797. The van der Waals surface area contributed by atoms with E-state index in [4.69, 9.17) is 4.74 Å². The Kier molecular flexibility index (Phi) is 4.88. The first-order valence-electron chi connectivity index (χ1n) is 7.39. The molecule has 1 saturated heterocycles. The van der Waals surface area contributed by atoms with E-state index in [2.05, 4.69) is 17.0 Å². The number of benzene rings is 1. The van der Waals surface area contributed by atoms with E-state index in [0.29, 0.717) is 6.42 Å². The summed E-state index contributed by atoms with van der Waals surface area (Å²) in [5.41, 5.74) is 1.20. The van der Waals surface area contributed by atoms with Gasteiger partial charge in [-0.25, -0.2) is 0 Å². The second-order valence-electron chi connectivity index (χ2n) is 5.38. The monoisotopic (exact) mass is 276 g/mol. The number of amides is 1. The van der Waals surface area contributed by atoms with Crippen molar-refractivity contribution < 1.29 is 9.53 Å². The van der Waals surface area contributed by atoms with Crippen LogP contribution >= 0.6 is 0 Å². The molecule has 0 unspecified atom stereocenters. The van der Waals surface area contributed by atoms with Gasteiger partial charge in [0.05, 0.1) is 6.10 Å². The van der Waals surface area contributed by atoms with Crippen molar-refractivity contribution in [2.45, 2.75) is 33.3 Å². The minimum Gasteiger partial charge on any atom is -0.491 e. The molecule has 0 N–H and O–H groups in total. The Morgan fingerprint density at radius 1 is 1.15 bits per heavy atom. The Hall–Kier alpha value is -1.71. The fourth-order valence-corrected chi connectivity index (χ4v) is 2.45. The molecule has 0 spiro atoms. The van der Waals surface area contributed by atoms with E-state index in [1.807, 2.05) is 37.8 Å². The van der Waals surface area contributed by atoms with Gasteiger partial charge in [0, 0.05) is 38.3 Å². The second-order valence-corrected chi connectivity index (χ2v) is 5.38. The van der Waals surface area contributed by atoms with Crippen LogP contribution in [0.4, 0.5) is 5.69 Å². The molecule has 4 heteroatoms. The Balaban J connectivity index is 1.92. The third kappa shape index (κ3) is 3.65. The lowest BCUT2D eigenvalue weighted by atomic mass is 10.2. The van der Waals surface area contributed by atoms with Crippen LogP contribution in [0.5, 0.6) is 5.75 Å². The van der Waals surface area contributed by atoms with Gasteiger partial charge in [-0.1, -0.05) is 6.92 Å². The number of nitrogens with zero attached hydrogens (tertiary/aromatic N) is 2. The summed E-state index contributed by atoms with van der Waals surface area (Å²) in [4.78, 5) is 15.9. The lowest BCUT2D eigenvalue weighted by molar-refractivity contribution is -0.131. The van der Waals surface area contributed by atoms with Gasteiger partial charge in [0.2, 0.25) is 5.91 Å². The predicted molar refractivity (Wildman–Crippen MR) is 81.3 cm³/mol. The van der Waals surface area contributed by atoms with E-state index in [1.54, 1.807) is 0 Å². The van der Waals surface area contributed by atoms with Gasteiger partial charge >= 0.3 is 0 Å². The van der Waals surface area contributed by atoms with Crippen LogP contribution in [0, 0.1) is 0 Å². The molecular formula is C16H24N2O2. The molecule has 4 nitrogen and oxygen atoms in total. The van der Waals surface area contributed by atoms with Crippen LogP contribution < -0.4 is 9.64 Å². The van der Waals surface area contributed by atoms with E-state index >= 15 is 0 Å². The SMILES string of the molecule is CCC(=O)N1CCN(c2ccc(OC(C)C)cc2)CC1. The van der Waals surface area contributed by atoms with Crippen LogP contribution in [0.1, 0.15) is 27.2 Å². The molecule has 0 aromatic heterocycles. The van der Waals surface area contributed by atoms with Gasteiger partial charge in [0.15, 0.2) is 0 Å². The average Bonchev–Trinajstić information content (AvgIpc) is 2.47. The van der Waals surface area contributed by atoms with Gasteiger partial charge < -0.3 is 14.5 Å². The Morgan fingerprint density at radius 3 is 2.25 bits per heavy atom. The topological polar surface area (TPSA) is 32.8 Å². The molecule has 1 amide bonds. The van der Waals surface area contributed by atoms with Crippen LogP contribution in [-0.2, 0) is 4.79 Å². The molecule has 2 rings (SSSR count). The van der Waals surface area contributed by atoms with E-state index < -0.39 is 0 Å². The highest BCUT2D eigenvalue weighted by Gasteiger charge is 2.19. The maximum absolute atomic E-state index is 11.6. The first-order chi connectivity index (χ1) is 9.60. The molecule has 20 heavy (non-hydrogen) atoms. The predicted octanol–water partition coefficient (Wildman–Crippen LogP) is 2.53. The lowest BCUT2D eigenvalue weighted by Gasteiger charge is -2.36. The molecule has 1 aromatic carbocycles. The summed E-state index contributed by atoms with van der Waals surface area (Å²) in [7, 11) is 0. The summed E-state index contributed by atoms with van der Waals surface area (Å²) in [5.74, 6) is 1.16. The quantitative estimate of drug-likeness (QED) is 0.847. The number of ether oxygens (including phenoxy) is 1. The van der Waals surface area contributed by atoms with E-state index in [-0.39, 0.29) is 12.0 Å². The molecule has 0 atom stereocenters. The number of carbonyl (C=O) groups is 1. The summed E-state index contributed by atoms with van der Waals surface area (Å²) < 4.78 is 5.65. The zero-order chi connectivity index (χ0) is 14.5. The van der Waals surface area contributed by atoms with E-state index in [1.165, 1.54) is 5.69 Å². The Bertz CT molecular complexity index is 434. The zero-order valence-electron chi connectivity index (χ0n) is 12.6. The molecular weight excluding hydrogens is 252 g/mol. The molecule has 1 heterocycles. The van der Waals surface area contributed by atoms with Crippen LogP contribution in [0.15, 0.2) is 24.3 Å². The Labute approximate surface area is 121 Å². The van der Waals surface area contributed by atoms with Crippen molar-refractivity contribution in [2.75, 3.05) is 31.1 Å². The standard InChI is InChI=1S/C16H24N2O2/c1-4-16(19)18-11-9-17(10-12-18)14-5-7-15(8-6-14)20-13(2)3/h5-8,13H,4,9-12H2,1-3H3. The summed E-state index contributed by atoms with van der Waals surface area (Å²) in [5, 5.41) is 0. The molecule has 1 aliphatic heterocycles. The van der Waals surface area contributed by atoms with Crippen LogP contribution in [-0.4, -0.2) is 43.1 Å². The van der Waals surface area contributed by atoms with Crippen molar-refractivity contribution in [3.05, 3.63) is 24.3 Å². The van der Waals surface area contributed by atoms with Gasteiger partial charge in [-0.15, -0.1) is 0 Å². The van der Waals surface area contributed by atoms with Crippen molar-refractivity contribution in [3.63, 3.8) is 0 Å². The summed E-state index contributed by atoms with van der Waals surface area (Å²) in [6.45, 7) is 9.40. The van der Waals surface area contributed by atoms with Gasteiger partial charge in [-0.05, 0) is 38.1 Å². The van der Waals surface area contributed by atoms with E-state index in [9.17, 15) is 4.79 Å². The maximum Gasteiger partial charge on any atom is 0.222 e. The fourth-order valence-electron chi connectivity index (χ4n) is 2.45. The van der Waals surface area contributed by atoms with Gasteiger partial charge in [-0.2, -0.15) is 0 Å². The molecule has 0 bridgehead atoms. The molecule has 1 aliphatic rings. The Morgan fingerprint density at radius 2 is 1.75 bits per heavy atom. The summed E-state index contributed by atoms with van der Waals surface area (Å²) in [6, 6.07) is 8.21. The molecule has 1 fully saturated rings. The molecule has 110 valence electrons. The average molecular weight is 276 g/mol. The normalized spacial score (nSPS) is 15.6. The fraction of sp³-hybridized carbons (Fsp3) is 0.562. The van der Waals surface area contributed by atoms with Crippen LogP contribution in [0.3, 0.4) is 0 Å². The van der Waals surface area contributed by atoms with Crippen molar-refractivity contribution in [3.8, 4) is 5.75 Å². The highest BCUT2D eigenvalue weighted by atomic mass is 16.5. The number of anilines is 1. The largest absolute Gasteiger partial charge is 0.491 e. The highest BCUT2D eigenvalue weighted by Crippen LogP contribution is 2.21. The number of hydrogen-bond donors (Lipinski definition) is 0. The van der Waals surface area contributed by atoms with Gasteiger partial charge in [0.1, 0.15) is 5.75 Å². The van der Waals surface area contributed by atoms with Crippen LogP contribution in [0.2, 0.25) is 0 Å². The first-order valence-corrected chi connectivity index (χ1v) is 7.39. The summed E-state index contributed by atoms with van der Waals surface area (Å²) >= 11 is 0. The number of carbonyl (C=O) groups excluding carboxylic acids is 1. The second kappa shape index (κ2) is 6.64. The molecule has 0 saturated carbocycles. The molecule has 0 aliphatic carbocycles. The van der Waals surface area contributed by atoms with Crippen LogP contribution in [0.25, 0.3) is 0 Å². The van der Waals surface area contributed by atoms with Crippen molar-refractivity contribution in [1.29, 1.82) is 0 Å². The first kappa shape index (κ1) is 14.7. The maximum atomic E-state index is 11.6. The minimum absolute atomic E-state index is 0.199. The van der Waals surface area contributed by atoms with Crippen molar-refractivity contribution in [2.24, 2.45) is 0 Å². The third-order valence-electron chi connectivity index (χ3n) is 3.51. The number of hydrogen-bond acceptors (Lipinski definition) is 3. The van der Waals surface area contributed by atoms with Gasteiger partial charge in [0.25, 0.3) is 0 Å².